The molecule has 132 valence electrons. The van der Waals surface area contributed by atoms with Crippen LogP contribution in [0.1, 0.15) is 15.4 Å². The van der Waals surface area contributed by atoms with Crippen LogP contribution in [0, 0.1) is 0 Å². The van der Waals surface area contributed by atoms with Gasteiger partial charge in [0, 0.05) is 23.9 Å². The van der Waals surface area contributed by atoms with Gasteiger partial charge in [-0.1, -0.05) is 6.07 Å². The number of ether oxygens (including phenoxy) is 1. The molecule has 26 heavy (non-hydrogen) atoms. The summed E-state index contributed by atoms with van der Waals surface area (Å²) in [7, 11) is 1.64. The van der Waals surface area contributed by atoms with Crippen LogP contribution in [-0.2, 0) is 6.42 Å². The summed E-state index contributed by atoms with van der Waals surface area (Å²) in [6, 6.07) is 11.4. The molecule has 0 radical (unpaired) electrons. The van der Waals surface area contributed by atoms with Crippen LogP contribution < -0.4 is 10.1 Å². The highest BCUT2D eigenvalue weighted by Crippen LogP contribution is 2.23. The molecule has 1 amide bonds. The van der Waals surface area contributed by atoms with Gasteiger partial charge in [-0.2, -0.15) is 4.98 Å². The number of methoxy groups -OCH3 is 1. The summed E-state index contributed by atoms with van der Waals surface area (Å²) >= 11 is 2.99. The van der Waals surface area contributed by atoms with Crippen molar-refractivity contribution in [2.75, 3.05) is 13.7 Å². The molecule has 0 aliphatic rings. The molecule has 3 heterocycles. The van der Waals surface area contributed by atoms with Crippen molar-refractivity contribution in [3.05, 3.63) is 57.7 Å². The van der Waals surface area contributed by atoms with Gasteiger partial charge in [0.1, 0.15) is 5.75 Å². The number of hydrogen-bond acceptors (Lipinski definition) is 6. The van der Waals surface area contributed by atoms with Gasteiger partial charge in [0.25, 0.3) is 5.91 Å². The second-order valence-electron chi connectivity index (χ2n) is 5.57. The lowest BCUT2D eigenvalue weighted by Crippen LogP contribution is -2.25. The monoisotopic (exact) mass is 384 g/mol. The Kier molecular flexibility index (Phi) is 4.68. The zero-order valence-corrected chi connectivity index (χ0v) is 15.6. The van der Waals surface area contributed by atoms with Gasteiger partial charge >= 0.3 is 0 Å². The van der Waals surface area contributed by atoms with E-state index in [1.54, 1.807) is 18.4 Å². The quantitative estimate of drug-likeness (QED) is 0.552. The van der Waals surface area contributed by atoms with Gasteiger partial charge in [-0.05, 0) is 35.7 Å². The number of carbonyl (C=O) groups is 1. The highest BCUT2D eigenvalue weighted by molar-refractivity contribution is 7.15. The molecule has 0 saturated heterocycles. The Hall–Kier alpha value is -2.71. The maximum atomic E-state index is 12.0. The molecule has 0 bridgehead atoms. The maximum Gasteiger partial charge on any atom is 0.261 e. The molecule has 6 nitrogen and oxygen atoms in total. The molecule has 0 spiro atoms. The van der Waals surface area contributed by atoms with Crippen LogP contribution in [0.25, 0.3) is 16.3 Å². The first-order chi connectivity index (χ1) is 12.7. The number of aromatic nitrogens is 3. The Morgan fingerprint density at radius 2 is 2.08 bits per heavy atom. The number of fused-ring (bicyclic) bond motifs is 1. The molecular formula is C18H16N4O2S2. The SMILES string of the molecule is COc1ccc(-c2nc3scc(CCNC(=O)c4cccs4)n3n2)cc1. The molecule has 0 aliphatic heterocycles. The standard InChI is InChI=1S/C18H16N4O2S2/c1-24-14-6-4-12(5-7-14)16-20-18-22(21-16)13(11-26-18)8-9-19-17(23)15-3-2-10-25-15/h2-7,10-11H,8-9H2,1H3,(H,19,23). The fourth-order valence-electron chi connectivity index (χ4n) is 2.56. The minimum absolute atomic E-state index is 0.0380. The first kappa shape index (κ1) is 16.7. The largest absolute Gasteiger partial charge is 0.497 e. The molecule has 0 saturated carbocycles. The molecule has 0 aliphatic carbocycles. The van der Waals surface area contributed by atoms with Crippen molar-refractivity contribution in [2.24, 2.45) is 0 Å². The van der Waals surface area contributed by atoms with Crippen molar-refractivity contribution in [3.63, 3.8) is 0 Å². The number of rotatable bonds is 6. The molecule has 4 rings (SSSR count). The number of thiazole rings is 1. The number of benzene rings is 1. The lowest BCUT2D eigenvalue weighted by molar-refractivity contribution is 0.0958. The molecule has 0 fully saturated rings. The summed E-state index contributed by atoms with van der Waals surface area (Å²) in [6.45, 7) is 0.556. The summed E-state index contributed by atoms with van der Waals surface area (Å²) in [6.07, 6.45) is 0.697. The van der Waals surface area contributed by atoms with Crippen LogP contribution in [0.4, 0.5) is 0 Å². The fourth-order valence-corrected chi connectivity index (χ4v) is 4.05. The average Bonchev–Trinajstić information content (AvgIpc) is 3.40. The average molecular weight is 384 g/mol. The van der Waals surface area contributed by atoms with Crippen LogP contribution in [0.15, 0.2) is 47.2 Å². The number of hydrogen-bond donors (Lipinski definition) is 1. The van der Waals surface area contributed by atoms with Crippen LogP contribution in [0.2, 0.25) is 0 Å². The van der Waals surface area contributed by atoms with E-state index in [9.17, 15) is 4.79 Å². The van der Waals surface area contributed by atoms with Gasteiger partial charge in [0.05, 0.1) is 17.7 Å². The minimum Gasteiger partial charge on any atom is -0.497 e. The van der Waals surface area contributed by atoms with Crippen LogP contribution in [0.3, 0.4) is 0 Å². The zero-order valence-electron chi connectivity index (χ0n) is 14.0. The predicted octanol–water partition coefficient (Wildman–Crippen LogP) is 3.50. The number of nitrogens with one attached hydrogen (secondary N) is 1. The molecule has 0 unspecified atom stereocenters. The summed E-state index contributed by atoms with van der Waals surface area (Å²) < 4.78 is 7.03. The molecule has 8 heteroatoms. The van der Waals surface area contributed by atoms with Gasteiger partial charge in [-0.25, -0.2) is 4.52 Å². The van der Waals surface area contributed by atoms with Gasteiger partial charge in [0.15, 0.2) is 5.82 Å². The van der Waals surface area contributed by atoms with Crippen molar-refractivity contribution in [1.29, 1.82) is 0 Å². The van der Waals surface area contributed by atoms with Gasteiger partial charge in [-0.15, -0.1) is 27.8 Å². The Morgan fingerprint density at radius 3 is 2.81 bits per heavy atom. The van der Waals surface area contributed by atoms with E-state index in [1.165, 1.54) is 11.3 Å². The van der Waals surface area contributed by atoms with Crippen molar-refractivity contribution < 1.29 is 9.53 Å². The van der Waals surface area contributed by atoms with E-state index in [2.05, 4.69) is 15.4 Å². The normalized spacial score (nSPS) is 11.0. The summed E-state index contributed by atoms with van der Waals surface area (Å²) in [5, 5.41) is 11.5. The van der Waals surface area contributed by atoms with Crippen LogP contribution >= 0.6 is 22.7 Å². The number of thiophene rings is 1. The van der Waals surface area contributed by atoms with Crippen molar-refractivity contribution in [1.82, 2.24) is 19.9 Å². The third kappa shape index (κ3) is 3.33. The highest BCUT2D eigenvalue weighted by atomic mass is 32.1. The molecule has 1 aromatic carbocycles. The van der Waals surface area contributed by atoms with E-state index in [4.69, 9.17) is 4.74 Å². The lowest BCUT2D eigenvalue weighted by Gasteiger charge is -2.02. The molecule has 3 aromatic heterocycles. The van der Waals surface area contributed by atoms with E-state index in [-0.39, 0.29) is 5.91 Å². The van der Waals surface area contributed by atoms with Gasteiger partial charge in [-0.3, -0.25) is 4.79 Å². The zero-order chi connectivity index (χ0) is 17.9. The third-order valence-electron chi connectivity index (χ3n) is 3.91. The maximum absolute atomic E-state index is 12.0. The number of carbonyl (C=O) groups excluding carboxylic acids is 1. The smallest absolute Gasteiger partial charge is 0.261 e. The Morgan fingerprint density at radius 1 is 1.23 bits per heavy atom. The van der Waals surface area contributed by atoms with E-state index in [1.807, 2.05) is 51.7 Å². The van der Waals surface area contributed by atoms with E-state index < -0.39 is 0 Å². The highest BCUT2D eigenvalue weighted by Gasteiger charge is 2.12. The number of nitrogens with zero attached hydrogens (tertiary/aromatic N) is 3. The minimum atomic E-state index is -0.0380. The van der Waals surface area contributed by atoms with E-state index in [0.29, 0.717) is 18.8 Å². The topological polar surface area (TPSA) is 68.5 Å². The first-order valence-electron chi connectivity index (χ1n) is 8.04. The third-order valence-corrected chi connectivity index (χ3v) is 5.64. The molecular weight excluding hydrogens is 368 g/mol. The summed E-state index contributed by atoms with van der Waals surface area (Å²) in [5.41, 5.74) is 1.97. The first-order valence-corrected chi connectivity index (χ1v) is 9.80. The Labute approximate surface area is 158 Å². The van der Waals surface area contributed by atoms with Gasteiger partial charge in [0.2, 0.25) is 4.96 Å². The second-order valence-corrected chi connectivity index (χ2v) is 7.35. The van der Waals surface area contributed by atoms with Crippen molar-refractivity contribution >= 4 is 33.5 Å². The second kappa shape index (κ2) is 7.27. The van der Waals surface area contributed by atoms with Crippen molar-refractivity contribution in [3.8, 4) is 17.1 Å². The Balaban J connectivity index is 1.46. The fraction of sp³-hybridized carbons (Fsp3) is 0.167. The number of amides is 1. The Bertz CT molecular complexity index is 1020. The molecule has 1 N–H and O–H groups in total. The summed E-state index contributed by atoms with van der Waals surface area (Å²) in [5.74, 6) is 1.45. The van der Waals surface area contributed by atoms with E-state index in [0.717, 1.165) is 26.8 Å². The predicted molar refractivity (Wildman–Crippen MR) is 103 cm³/mol. The van der Waals surface area contributed by atoms with Crippen molar-refractivity contribution in [2.45, 2.75) is 6.42 Å². The van der Waals surface area contributed by atoms with Crippen LogP contribution in [0.5, 0.6) is 5.75 Å². The van der Waals surface area contributed by atoms with Crippen LogP contribution in [-0.4, -0.2) is 34.2 Å². The van der Waals surface area contributed by atoms with Gasteiger partial charge < -0.3 is 10.1 Å². The lowest BCUT2D eigenvalue weighted by atomic mass is 10.2. The van der Waals surface area contributed by atoms with E-state index >= 15 is 0 Å². The molecule has 0 atom stereocenters. The molecule has 4 aromatic rings. The summed E-state index contributed by atoms with van der Waals surface area (Å²) in [4.78, 5) is 18.2.